The van der Waals surface area contributed by atoms with Crippen molar-refractivity contribution < 1.29 is 53.4 Å². The van der Waals surface area contributed by atoms with Crippen molar-refractivity contribution >= 4 is 23.8 Å². The molecule has 226 valence electrons. The summed E-state index contributed by atoms with van der Waals surface area (Å²) in [5.74, 6) is -3.30. The Morgan fingerprint density at radius 2 is 1.77 bits per heavy atom. The Morgan fingerprint density at radius 3 is 2.48 bits per heavy atom. The van der Waals surface area contributed by atoms with Crippen LogP contribution in [0.4, 0.5) is 0 Å². The molecule has 5 fully saturated rings. The number of amides is 2. The van der Waals surface area contributed by atoms with Gasteiger partial charge in [-0.25, -0.2) is 14.6 Å². The maximum absolute atomic E-state index is 12.7. The van der Waals surface area contributed by atoms with E-state index < -0.39 is 54.0 Å². The number of aliphatic hydroxyl groups is 1. The van der Waals surface area contributed by atoms with Gasteiger partial charge in [0.25, 0.3) is 0 Å². The molecule has 4 heterocycles. The second-order valence-electron chi connectivity index (χ2n) is 11.8. The molecular formula is C27H42N2O11. The quantitative estimate of drug-likeness (QED) is 0.160. The summed E-state index contributed by atoms with van der Waals surface area (Å²) in [7, 11) is 0. The standard InChI is InChI=1S/C27H42N2O11/c1-14-7-8-18-15(2)24(37-25-27(18)17(14)11-12-26(4,38-25)39-40-27)36-21(33)10-9-19(31)28-13-5-6-20(32)29-22(16(3)30)23(34)35/h14-18,22,24-25,30H,5-13H2,1-4H3,(H,28,31)(H,29,32)(H,34,35)/t14-,15-,16+,17+,18-,22+,24-,25+,26-,27-/m1/s1. The lowest BCUT2D eigenvalue weighted by molar-refractivity contribution is -0.576. The lowest BCUT2D eigenvalue weighted by Gasteiger charge is -2.59. The van der Waals surface area contributed by atoms with Crippen LogP contribution in [0.5, 0.6) is 0 Å². The Hall–Kier alpha value is -2.32. The number of carbonyl (C=O) groups excluding carboxylic acids is 3. The molecule has 10 atom stereocenters. The molecule has 0 aromatic rings. The van der Waals surface area contributed by atoms with E-state index in [1.807, 2.05) is 13.8 Å². The maximum Gasteiger partial charge on any atom is 0.328 e. The molecule has 4 saturated heterocycles. The fourth-order valence-electron chi connectivity index (χ4n) is 6.61. The Kier molecular flexibility index (Phi) is 9.40. The number of fused-ring (bicyclic) bond motifs is 2. The fourth-order valence-corrected chi connectivity index (χ4v) is 6.61. The summed E-state index contributed by atoms with van der Waals surface area (Å²) in [5, 5.41) is 23.3. The van der Waals surface area contributed by atoms with Crippen molar-refractivity contribution in [3.8, 4) is 0 Å². The van der Waals surface area contributed by atoms with Crippen LogP contribution in [0.25, 0.3) is 0 Å². The SMILES string of the molecule is C[C@H]1[C@H](OC(=O)CCC(=O)NCCCC(=O)N[C@H](C(=O)O)[C@H](C)O)O[C@H]2O[C@@]3(C)CC[C@H]4[C@H](C)CC[C@H]1[C@@]24OO3. The van der Waals surface area contributed by atoms with Gasteiger partial charge in [-0.15, -0.1) is 0 Å². The molecule has 2 bridgehead atoms. The van der Waals surface area contributed by atoms with E-state index in [2.05, 4.69) is 17.6 Å². The molecule has 4 aliphatic heterocycles. The van der Waals surface area contributed by atoms with Crippen molar-refractivity contribution in [3.63, 3.8) is 0 Å². The molecule has 0 aromatic carbocycles. The number of carboxylic acids is 1. The Labute approximate surface area is 233 Å². The van der Waals surface area contributed by atoms with Crippen molar-refractivity contribution in [2.75, 3.05) is 6.54 Å². The zero-order valence-corrected chi connectivity index (χ0v) is 23.6. The van der Waals surface area contributed by atoms with E-state index in [4.69, 9.17) is 29.1 Å². The van der Waals surface area contributed by atoms with Crippen LogP contribution in [0.3, 0.4) is 0 Å². The minimum atomic E-state index is -1.40. The average molecular weight is 571 g/mol. The molecule has 0 radical (unpaired) electrons. The predicted molar refractivity (Wildman–Crippen MR) is 136 cm³/mol. The van der Waals surface area contributed by atoms with Crippen molar-refractivity contribution in [2.45, 2.75) is 115 Å². The first-order valence-electron chi connectivity index (χ1n) is 14.2. The van der Waals surface area contributed by atoms with E-state index >= 15 is 0 Å². The molecule has 0 aromatic heterocycles. The van der Waals surface area contributed by atoms with Crippen molar-refractivity contribution in [2.24, 2.45) is 23.7 Å². The van der Waals surface area contributed by atoms with Crippen molar-refractivity contribution in [1.82, 2.24) is 10.6 Å². The van der Waals surface area contributed by atoms with Crippen LogP contribution < -0.4 is 10.6 Å². The highest BCUT2D eigenvalue weighted by Gasteiger charge is 2.69. The molecule has 13 nitrogen and oxygen atoms in total. The number of ether oxygens (including phenoxy) is 3. The first-order valence-corrected chi connectivity index (χ1v) is 14.2. The summed E-state index contributed by atoms with van der Waals surface area (Å²) >= 11 is 0. The highest BCUT2D eigenvalue weighted by molar-refractivity contribution is 5.84. The van der Waals surface area contributed by atoms with Crippen LogP contribution in [0.2, 0.25) is 0 Å². The highest BCUT2D eigenvalue weighted by atomic mass is 17.3. The van der Waals surface area contributed by atoms with Gasteiger partial charge in [0, 0.05) is 37.6 Å². The first kappa shape index (κ1) is 30.6. The van der Waals surface area contributed by atoms with E-state index in [-0.39, 0.29) is 55.9 Å². The van der Waals surface area contributed by atoms with Gasteiger partial charge in [0.05, 0.1) is 12.5 Å². The summed E-state index contributed by atoms with van der Waals surface area (Å²) in [4.78, 5) is 59.7. The summed E-state index contributed by atoms with van der Waals surface area (Å²) in [6.07, 6.45) is 0.639. The van der Waals surface area contributed by atoms with Gasteiger partial charge in [0.2, 0.25) is 23.9 Å². The van der Waals surface area contributed by atoms with Gasteiger partial charge in [-0.3, -0.25) is 14.4 Å². The van der Waals surface area contributed by atoms with E-state index in [0.29, 0.717) is 12.3 Å². The summed E-state index contributed by atoms with van der Waals surface area (Å²) in [6, 6.07) is -1.40. The average Bonchev–Trinajstić information content (AvgIpc) is 3.12. The molecular weight excluding hydrogens is 528 g/mol. The van der Waals surface area contributed by atoms with Crippen LogP contribution in [-0.4, -0.2) is 76.6 Å². The molecule has 0 unspecified atom stereocenters. The number of carboxylic acid groups (broad SMARTS) is 1. The van der Waals surface area contributed by atoms with E-state index in [1.54, 1.807) is 0 Å². The third kappa shape index (κ3) is 6.28. The van der Waals surface area contributed by atoms with Gasteiger partial charge in [0.1, 0.15) is 0 Å². The third-order valence-corrected chi connectivity index (χ3v) is 8.87. The monoisotopic (exact) mass is 570 g/mol. The van der Waals surface area contributed by atoms with Crippen LogP contribution >= 0.6 is 0 Å². The number of aliphatic carboxylic acids is 1. The van der Waals surface area contributed by atoms with Crippen molar-refractivity contribution in [3.05, 3.63) is 0 Å². The number of esters is 1. The minimum absolute atomic E-state index is 0.0137. The maximum atomic E-state index is 12.7. The lowest BCUT2D eigenvalue weighted by atomic mass is 9.58. The Morgan fingerprint density at radius 1 is 1.02 bits per heavy atom. The van der Waals surface area contributed by atoms with Crippen LogP contribution in [0.15, 0.2) is 0 Å². The lowest BCUT2D eigenvalue weighted by Crippen LogP contribution is -2.70. The van der Waals surface area contributed by atoms with E-state index in [0.717, 1.165) is 19.3 Å². The van der Waals surface area contributed by atoms with Gasteiger partial charge >= 0.3 is 11.9 Å². The molecule has 2 amide bonds. The summed E-state index contributed by atoms with van der Waals surface area (Å²) < 4.78 is 18.2. The Balaban J connectivity index is 1.22. The van der Waals surface area contributed by atoms with Gasteiger partial charge in [-0.05, 0) is 51.4 Å². The highest BCUT2D eigenvalue weighted by Crippen LogP contribution is 2.60. The normalized spacial score (nSPS) is 37.8. The molecule has 13 heteroatoms. The predicted octanol–water partition coefficient (Wildman–Crippen LogP) is 1.36. The molecule has 40 heavy (non-hydrogen) atoms. The zero-order valence-electron chi connectivity index (χ0n) is 23.6. The second kappa shape index (κ2) is 12.3. The molecule has 5 aliphatic rings. The van der Waals surface area contributed by atoms with Gasteiger partial charge in [-0.1, -0.05) is 13.8 Å². The number of aliphatic hydroxyl groups excluding tert-OH is 1. The number of hydrogen-bond donors (Lipinski definition) is 4. The number of hydrogen-bond acceptors (Lipinski definition) is 10. The first-order chi connectivity index (χ1) is 18.9. The van der Waals surface area contributed by atoms with Crippen molar-refractivity contribution in [1.29, 1.82) is 0 Å². The Bertz CT molecular complexity index is 976. The van der Waals surface area contributed by atoms with E-state index in [1.165, 1.54) is 6.92 Å². The summed E-state index contributed by atoms with van der Waals surface area (Å²) in [5.41, 5.74) is -0.752. The van der Waals surface area contributed by atoms with Crippen LogP contribution in [-0.2, 0) is 43.2 Å². The number of carbonyl (C=O) groups is 4. The molecule has 1 aliphatic carbocycles. The number of nitrogens with one attached hydrogen (secondary N) is 2. The zero-order chi connectivity index (χ0) is 29.2. The molecule has 1 spiro atoms. The third-order valence-electron chi connectivity index (χ3n) is 8.87. The topological polar surface area (TPSA) is 179 Å². The van der Waals surface area contributed by atoms with Crippen LogP contribution in [0.1, 0.15) is 79.1 Å². The van der Waals surface area contributed by atoms with Crippen LogP contribution in [0, 0.1) is 23.7 Å². The molecule has 4 N–H and O–H groups in total. The smallest absolute Gasteiger partial charge is 0.328 e. The molecule has 5 rings (SSSR count). The fraction of sp³-hybridized carbons (Fsp3) is 0.852. The second-order valence-corrected chi connectivity index (χ2v) is 11.8. The minimum Gasteiger partial charge on any atom is -0.480 e. The van der Waals surface area contributed by atoms with Gasteiger partial charge in [-0.2, -0.15) is 0 Å². The number of rotatable bonds is 11. The van der Waals surface area contributed by atoms with E-state index in [9.17, 15) is 24.3 Å². The molecule has 1 saturated carbocycles. The van der Waals surface area contributed by atoms with Gasteiger partial charge < -0.3 is 35.1 Å². The summed E-state index contributed by atoms with van der Waals surface area (Å²) in [6.45, 7) is 7.46. The van der Waals surface area contributed by atoms with Gasteiger partial charge in [0.15, 0.2) is 17.9 Å². The largest absolute Gasteiger partial charge is 0.480 e.